The third kappa shape index (κ3) is 3.24. The van der Waals surface area contributed by atoms with Gasteiger partial charge in [0.05, 0.1) is 11.7 Å². The molecule has 1 amide bonds. The van der Waals surface area contributed by atoms with Gasteiger partial charge in [-0.15, -0.1) is 10.2 Å². The number of rotatable bonds is 4. The molecular formula is C22H26N6O. The third-order valence-electron chi connectivity index (χ3n) is 6.22. The quantitative estimate of drug-likeness (QED) is 0.687. The van der Waals surface area contributed by atoms with Gasteiger partial charge in [-0.05, 0) is 32.8 Å². The Bertz CT molecular complexity index is 1040. The van der Waals surface area contributed by atoms with Crippen molar-refractivity contribution < 1.29 is 4.79 Å². The van der Waals surface area contributed by atoms with E-state index in [-0.39, 0.29) is 18.0 Å². The zero-order valence-corrected chi connectivity index (χ0v) is 17.0. The average Bonchev–Trinajstić information content (AvgIpc) is 3.35. The van der Waals surface area contributed by atoms with E-state index >= 15 is 0 Å². The molecule has 2 aliphatic rings. The van der Waals surface area contributed by atoms with Gasteiger partial charge in [0, 0.05) is 43.2 Å². The van der Waals surface area contributed by atoms with Gasteiger partial charge in [-0.25, -0.2) is 0 Å². The number of hydrogen-bond donors (Lipinski definition) is 0. The molecule has 150 valence electrons. The van der Waals surface area contributed by atoms with Crippen LogP contribution in [0.15, 0.2) is 36.4 Å². The van der Waals surface area contributed by atoms with Crippen LogP contribution in [0.4, 0.5) is 0 Å². The fraction of sp³-hybridized carbons (Fsp3) is 0.455. The highest BCUT2D eigenvalue weighted by atomic mass is 16.2. The van der Waals surface area contributed by atoms with Gasteiger partial charge in [-0.2, -0.15) is 5.10 Å². The first-order valence-electron chi connectivity index (χ1n) is 10.4. The number of fused-ring (bicyclic) bond motifs is 3. The van der Waals surface area contributed by atoms with E-state index in [0.29, 0.717) is 13.0 Å². The van der Waals surface area contributed by atoms with Crippen LogP contribution in [0, 0.1) is 13.8 Å². The van der Waals surface area contributed by atoms with Crippen molar-refractivity contribution in [3.63, 3.8) is 0 Å². The highest BCUT2D eigenvalue weighted by Crippen LogP contribution is 2.33. The molecule has 1 aromatic carbocycles. The number of carbonyl (C=O) groups excluding carboxylic acids is 1. The first kappa shape index (κ1) is 18.1. The zero-order valence-electron chi connectivity index (χ0n) is 17.0. The summed E-state index contributed by atoms with van der Waals surface area (Å²) in [6.07, 6.45) is 3.36. The molecule has 1 fully saturated rings. The summed E-state index contributed by atoms with van der Waals surface area (Å²) in [7, 11) is 0. The van der Waals surface area contributed by atoms with Gasteiger partial charge in [0.1, 0.15) is 5.82 Å². The van der Waals surface area contributed by atoms with Crippen LogP contribution in [0.3, 0.4) is 0 Å². The Labute approximate surface area is 170 Å². The van der Waals surface area contributed by atoms with E-state index in [1.54, 1.807) is 0 Å². The first-order valence-corrected chi connectivity index (χ1v) is 10.4. The third-order valence-corrected chi connectivity index (χ3v) is 6.22. The topological polar surface area (TPSA) is 68.8 Å². The molecule has 2 aliphatic heterocycles. The van der Waals surface area contributed by atoms with Gasteiger partial charge >= 0.3 is 0 Å². The van der Waals surface area contributed by atoms with Crippen LogP contribution in [0.25, 0.3) is 11.4 Å². The number of amides is 1. The molecule has 7 heteroatoms. The second-order valence-electron chi connectivity index (χ2n) is 8.21. The maximum Gasteiger partial charge on any atom is 0.225 e. The van der Waals surface area contributed by atoms with Crippen LogP contribution in [0.1, 0.15) is 36.5 Å². The number of benzene rings is 1. The molecule has 3 aromatic rings. The van der Waals surface area contributed by atoms with Crippen molar-refractivity contribution in [1.82, 2.24) is 29.4 Å². The molecule has 1 saturated heterocycles. The summed E-state index contributed by atoms with van der Waals surface area (Å²) >= 11 is 0. The Balaban J connectivity index is 1.35. The van der Waals surface area contributed by atoms with Crippen molar-refractivity contribution in [2.24, 2.45) is 0 Å². The Hall–Kier alpha value is -2.96. The molecule has 0 radical (unpaired) electrons. The highest BCUT2D eigenvalue weighted by Gasteiger charge is 2.40. The lowest BCUT2D eigenvalue weighted by Gasteiger charge is -2.28. The summed E-state index contributed by atoms with van der Waals surface area (Å²) in [6, 6.07) is 12.7. The Morgan fingerprint density at radius 3 is 2.66 bits per heavy atom. The van der Waals surface area contributed by atoms with Crippen molar-refractivity contribution in [3.05, 3.63) is 53.6 Å². The fourth-order valence-corrected chi connectivity index (χ4v) is 4.88. The molecule has 0 aliphatic carbocycles. The molecule has 2 atom stereocenters. The number of nitrogens with zero attached hydrogens (tertiary/aromatic N) is 6. The summed E-state index contributed by atoms with van der Waals surface area (Å²) in [5, 5.41) is 13.4. The smallest absolute Gasteiger partial charge is 0.225 e. The van der Waals surface area contributed by atoms with Crippen LogP contribution >= 0.6 is 0 Å². The van der Waals surface area contributed by atoms with Gasteiger partial charge in [0.25, 0.3) is 0 Å². The molecule has 0 spiro atoms. The lowest BCUT2D eigenvalue weighted by Crippen LogP contribution is -2.42. The van der Waals surface area contributed by atoms with E-state index in [4.69, 9.17) is 0 Å². The molecule has 2 bridgehead atoms. The summed E-state index contributed by atoms with van der Waals surface area (Å²) < 4.78 is 4.16. The van der Waals surface area contributed by atoms with Crippen LogP contribution in [-0.4, -0.2) is 47.4 Å². The van der Waals surface area contributed by atoms with Crippen LogP contribution < -0.4 is 0 Å². The van der Waals surface area contributed by atoms with Gasteiger partial charge in [0.15, 0.2) is 5.82 Å². The Morgan fingerprint density at radius 1 is 1.10 bits per heavy atom. The largest absolute Gasteiger partial charge is 0.334 e. The van der Waals surface area contributed by atoms with Crippen LogP contribution in [-0.2, 0) is 24.3 Å². The van der Waals surface area contributed by atoms with E-state index in [2.05, 4.69) is 43.0 Å². The Kier molecular flexibility index (Phi) is 4.45. The zero-order chi connectivity index (χ0) is 20.0. The predicted molar refractivity (Wildman–Crippen MR) is 109 cm³/mol. The average molecular weight is 390 g/mol. The molecular weight excluding hydrogens is 364 g/mol. The monoisotopic (exact) mass is 390 g/mol. The van der Waals surface area contributed by atoms with E-state index in [0.717, 1.165) is 54.4 Å². The summed E-state index contributed by atoms with van der Waals surface area (Å²) in [6.45, 7) is 5.43. The minimum absolute atomic E-state index is 0.215. The van der Waals surface area contributed by atoms with Gasteiger partial charge in [-0.1, -0.05) is 30.3 Å². The molecule has 0 N–H and O–H groups in total. The maximum absolute atomic E-state index is 13.2. The van der Waals surface area contributed by atoms with Gasteiger partial charge in [0.2, 0.25) is 5.91 Å². The fourth-order valence-electron chi connectivity index (χ4n) is 4.88. The number of carbonyl (C=O) groups is 1. The SMILES string of the molecule is Cc1cc(C)n(CCC(=O)N2C3CCC2Cn2c(nnc2-c2ccccc2)C3)n1. The molecule has 7 nitrogen and oxygen atoms in total. The second-order valence-corrected chi connectivity index (χ2v) is 8.21. The van der Waals surface area contributed by atoms with Crippen molar-refractivity contribution >= 4 is 5.91 Å². The van der Waals surface area contributed by atoms with E-state index in [1.165, 1.54) is 0 Å². The maximum atomic E-state index is 13.2. The summed E-state index contributed by atoms with van der Waals surface area (Å²) in [4.78, 5) is 15.3. The van der Waals surface area contributed by atoms with E-state index in [1.807, 2.05) is 36.7 Å². The standard InChI is InChI=1S/C22H26N6O/c1-15-12-16(2)27(25-15)11-10-21(29)28-18-8-9-19(28)14-26-20(13-18)23-24-22(26)17-6-4-3-5-7-17/h3-7,12,18-19H,8-11,13-14H2,1-2H3. The van der Waals surface area contributed by atoms with Crippen LogP contribution in [0.5, 0.6) is 0 Å². The Morgan fingerprint density at radius 2 is 1.90 bits per heavy atom. The summed E-state index contributed by atoms with van der Waals surface area (Å²) in [5.41, 5.74) is 3.18. The first-order chi connectivity index (χ1) is 14.1. The molecule has 4 heterocycles. The molecule has 5 rings (SSSR count). The van der Waals surface area contributed by atoms with Crippen molar-refractivity contribution in [1.29, 1.82) is 0 Å². The van der Waals surface area contributed by atoms with E-state index in [9.17, 15) is 4.79 Å². The molecule has 29 heavy (non-hydrogen) atoms. The highest BCUT2D eigenvalue weighted by molar-refractivity contribution is 5.77. The lowest BCUT2D eigenvalue weighted by molar-refractivity contribution is -0.134. The van der Waals surface area contributed by atoms with Gasteiger partial charge < -0.3 is 9.47 Å². The van der Waals surface area contributed by atoms with Crippen molar-refractivity contribution in [2.75, 3.05) is 0 Å². The van der Waals surface area contributed by atoms with Crippen molar-refractivity contribution in [3.8, 4) is 11.4 Å². The minimum atomic E-state index is 0.215. The van der Waals surface area contributed by atoms with Crippen LogP contribution in [0.2, 0.25) is 0 Å². The molecule has 2 aromatic heterocycles. The molecule has 2 unspecified atom stereocenters. The number of aryl methyl sites for hydroxylation is 3. The predicted octanol–water partition coefficient (Wildman–Crippen LogP) is 2.76. The minimum Gasteiger partial charge on any atom is -0.334 e. The number of aromatic nitrogens is 5. The van der Waals surface area contributed by atoms with Crippen molar-refractivity contribution in [2.45, 2.75) is 64.7 Å². The summed E-state index contributed by atoms with van der Waals surface area (Å²) in [5.74, 6) is 2.13. The second kappa shape index (κ2) is 7.13. The lowest BCUT2D eigenvalue weighted by atomic mass is 10.1. The van der Waals surface area contributed by atoms with E-state index < -0.39 is 0 Å². The van der Waals surface area contributed by atoms with Gasteiger partial charge in [-0.3, -0.25) is 9.48 Å². The molecule has 0 saturated carbocycles. The normalized spacial score (nSPS) is 20.6. The number of hydrogen-bond acceptors (Lipinski definition) is 4.